The van der Waals surface area contributed by atoms with Crippen molar-refractivity contribution in [3.63, 3.8) is 0 Å². The number of fused-ring (bicyclic) bond motifs is 1. The molecule has 1 aliphatic heterocycles. The van der Waals surface area contributed by atoms with Crippen LogP contribution in [-0.4, -0.2) is 47.7 Å². The van der Waals surface area contributed by atoms with Gasteiger partial charge < -0.3 is 24.6 Å². The zero-order valence-electron chi connectivity index (χ0n) is 17.0. The molecule has 7 nitrogen and oxygen atoms in total. The molecule has 4 rings (SSSR count). The third-order valence-electron chi connectivity index (χ3n) is 5.92. The number of aryl methyl sites for hydroxylation is 1. The van der Waals surface area contributed by atoms with Crippen LogP contribution >= 0.6 is 0 Å². The summed E-state index contributed by atoms with van der Waals surface area (Å²) < 4.78 is 47.7. The van der Waals surface area contributed by atoms with Gasteiger partial charge in [0.1, 0.15) is 41.2 Å². The zero-order valence-corrected chi connectivity index (χ0v) is 17.0. The number of rotatable bonds is 4. The first-order valence-electron chi connectivity index (χ1n) is 9.60. The van der Waals surface area contributed by atoms with Crippen molar-refractivity contribution in [1.82, 2.24) is 14.5 Å². The number of ether oxygens (including phenoxy) is 1. The van der Waals surface area contributed by atoms with Crippen molar-refractivity contribution in [3.05, 3.63) is 59.4 Å². The average molecular weight is 437 g/mol. The average Bonchev–Trinajstić information content (AvgIpc) is 3.21. The number of alkyl halides is 2. The standard InChI is InChI=1S/C21H22F3N3O4/c1-10-14-4-5-27(17(14)26-9-25-10)18-15(28)21(3,30)19(31-18)20(2,29)12-6-11(16(23)24)7-13(22)8-12/h4-9,15-16,18-19,28-30H,1-3H3/t15-,18+,19+,20+,21-/m0/s1. The van der Waals surface area contributed by atoms with Gasteiger partial charge >= 0.3 is 0 Å². The first kappa shape index (κ1) is 21.7. The summed E-state index contributed by atoms with van der Waals surface area (Å²) in [5, 5.41) is 33.8. The van der Waals surface area contributed by atoms with Crippen LogP contribution in [0.5, 0.6) is 0 Å². The summed E-state index contributed by atoms with van der Waals surface area (Å²) in [5.74, 6) is -0.966. The van der Waals surface area contributed by atoms with Crippen molar-refractivity contribution in [2.24, 2.45) is 0 Å². The molecule has 0 bridgehead atoms. The van der Waals surface area contributed by atoms with Gasteiger partial charge in [0, 0.05) is 17.1 Å². The van der Waals surface area contributed by atoms with Gasteiger partial charge in [-0.15, -0.1) is 0 Å². The molecule has 3 heterocycles. The minimum atomic E-state index is -2.96. The predicted octanol–water partition coefficient (Wildman–Crippen LogP) is 2.73. The third kappa shape index (κ3) is 3.39. The minimum Gasteiger partial charge on any atom is -0.385 e. The molecule has 0 amide bonds. The van der Waals surface area contributed by atoms with Gasteiger partial charge in [-0.25, -0.2) is 23.1 Å². The van der Waals surface area contributed by atoms with E-state index in [0.29, 0.717) is 22.8 Å². The number of aromatic nitrogens is 3. The molecule has 2 aromatic heterocycles. The molecule has 0 saturated carbocycles. The molecule has 0 spiro atoms. The molecule has 0 unspecified atom stereocenters. The third-order valence-corrected chi connectivity index (χ3v) is 5.92. The number of benzene rings is 1. The van der Waals surface area contributed by atoms with Gasteiger partial charge in [0.2, 0.25) is 0 Å². The van der Waals surface area contributed by atoms with Gasteiger partial charge in [-0.2, -0.15) is 0 Å². The fraction of sp³-hybridized carbons (Fsp3) is 0.429. The van der Waals surface area contributed by atoms with Crippen LogP contribution in [0.2, 0.25) is 0 Å². The van der Waals surface area contributed by atoms with Crippen LogP contribution in [0.3, 0.4) is 0 Å². The molecule has 5 atom stereocenters. The second kappa shape index (κ2) is 7.27. The van der Waals surface area contributed by atoms with Crippen LogP contribution in [0.1, 0.15) is 43.3 Å². The molecule has 31 heavy (non-hydrogen) atoms. The first-order chi connectivity index (χ1) is 14.4. The van der Waals surface area contributed by atoms with Crippen molar-refractivity contribution >= 4 is 11.0 Å². The second-order valence-corrected chi connectivity index (χ2v) is 8.22. The number of aliphatic hydroxyl groups is 3. The Kier molecular flexibility index (Phi) is 5.08. The summed E-state index contributed by atoms with van der Waals surface area (Å²) in [7, 11) is 0. The van der Waals surface area contributed by atoms with E-state index in [9.17, 15) is 28.5 Å². The Bertz CT molecular complexity index is 1130. The molecule has 1 fully saturated rings. The van der Waals surface area contributed by atoms with E-state index in [1.54, 1.807) is 19.2 Å². The lowest BCUT2D eigenvalue weighted by molar-refractivity contribution is -0.161. The molecular weight excluding hydrogens is 415 g/mol. The summed E-state index contributed by atoms with van der Waals surface area (Å²) in [6.07, 6.45) is -4.15. The van der Waals surface area contributed by atoms with Crippen molar-refractivity contribution in [2.45, 2.75) is 56.8 Å². The number of aliphatic hydroxyl groups excluding tert-OH is 1. The maximum atomic E-state index is 14.0. The highest BCUT2D eigenvalue weighted by Gasteiger charge is 2.59. The molecule has 166 valence electrons. The largest absolute Gasteiger partial charge is 0.385 e. The minimum absolute atomic E-state index is 0.212. The molecule has 3 N–H and O–H groups in total. The van der Waals surface area contributed by atoms with Crippen LogP contribution in [0.4, 0.5) is 13.2 Å². The highest BCUT2D eigenvalue weighted by Crippen LogP contribution is 2.46. The Hall–Kier alpha value is -2.53. The number of hydrogen-bond donors (Lipinski definition) is 3. The lowest BCUT2D eigenvalue weighted by atomic mass is 9.79. The van der Waals surface area contributed by atoms with Crippen molar-refractivity contribution in [1.29, 1.82) is 0 Å². The van der Waals surface area contributed by atoms with Gasteiger partial charge in [-0.1, -0.05) is 0 Å². The molecule has 1 aromatic carbocycles. The second-order valence-electron chi connectivity index (χ2n) is 8.22. The Morgan fingerprint density at radius 2 is 1.97 bits per heavy atom. The van der Waals surface area contributed by atoms with E-state index >= 15 is 0 Å². The predicted molar refractivity (Wildman–Crippen MR) is 104 cm³/mol. The quantitative estimate of drug-likeness (QED) is 0.580. The Labute approximate surface area is 175 Å². The monoisotopic (exact) mass is 437 g/mol. The van der Waals surface area contributed by atoms with Crippen molar-refractivity contribution in [2.75, 3.05) is 0 Å². The van der Waals surface area contributed by atoms with Gasteiger partial charge in [0.05, 0.1) is 5.69 Å². The van der Waals surface area contributed by atoms with Crippen LogP contribution < -0.4 is 0 Å². The van der Waals surface area contributed by atoms with Crippen LogP contribution in [0, 0.1) is 12.7 Å². The summed E-state index contributed by atoms with van der Waals surface area (Å²) >= 11 is 0. The Morgan fingerprint density at radius 3 is 2.65 bits per heavy atom. The van der Waals surface area contributed by atoms with Crippen LogP contribution in [-0.2, 0) is 10.3 Å². The van der Waals surface area contributed by atoms with E-state index in [4.69, 9.17) is 4.74 Å². The normalized spacial score (nSPS) is 28.4. The van der Waals surface area contributed by atoms with Gasteiger partial charge in [0.25, 0.3) is 6.43 Å². The molecule has 0 aliphatic carbocycles. The number of nitrogens with zero attached hydrogens (tertiary/aromatic N) is 3. The zero-order chi connectivity index (χ0) is 22.7. The molecule has 1 saturated heterocycles. The fourth-order valence-corrected chi connectivity index (χ4v) is 4.20. The molecule has 1 aliphatic rings. The number of halogens is 3. The fourth-order valence-electron chi connectivity index (χ4n) is 4.20. The summed E-state index contributed by atoms with van der Waals surface area (Å²) in [6.45, 7) is 4.26. The van der Waals surface area contributed by atoms with Crippen LogP contribution in [0.15, 0.2) is 36.8 Å². The van der Waals surface area contributed by atoms with E-state index < -0.39 is 47.4 Å². The van der Waals surface area contributed by atoms with E-state index in [0.717, 1.165) is 12.1 Å². The van der Waals surface area contributed by atoms with E-state index in [-0.39, 0.29) is 5.56 Å². The lowest BCUT2D eigenvalue weighted by Crippen LogP contribution is -2.53. The smallest absolute Gasteiger partial charge is 0.263 e. The molecule has 0 radical (unpaired) electrons. The van der Waals surface area contributed by atoms with Gasteiger partial charge in [0.15, 0.2) is 6.23 Å². The summed E-state index contributed by atoms with van der Waals surface area (Å²) in [4.78, 5) is 8.31. The maximum absolute atomic E-state index is 14.0. The molecule has 3 aromatic rings. The first-order valence-corrected chi connectivity index (χ1v) is 9.60. The summed E-state index contributed by atoms with van der Waals surface area (Å²) in [5.41, 5.74) is -3.81. The van der Waals surface area contributed by atoms with Gasteiger partial charge in [-0.3, -0.25) is 0 Å². The van der Waals surface area contributed by atoms with Gasteiger partial charge in [-0.05, 0) is 50.6 Å². The SMILES string of the molecule is Cc1ncnc2c1ccn2[C@@H]1O[C@H]([C@](C)(O)c2cc(F)cc(C(F)F)c2)[C@@](C)(O)[C@H]1O. The molecular formula is C21H22F3N3O4. The Morgan fingerprint density at radius 1 is 1.26 bits per heavy atom. The van der Waals surface area contributed by atoms with E-state index in [2.05, 4.69) is 9.97 Å². The highest BCUT2D eigenvalue weighted by molar-refractivity contribution is 5.78. The van der Waals surface area contributed by atoms with E-state index in [1.807, 2.05) is 0 Å². The summed E-state index contributed by atoms with van der Waals surface area (Å²) in [6, 6.07) is 4.24. The van der Waals surface area contributed by atoms with Crippen molar-refractivity contribution < 1.29 is 33.2 Å². The van der Waals surface area contributed by atoms with Crippen molar-refractivity contribution in [3.8, 4) is 0 Å². The van der Waals surface area contributed by atoms with Crippen LogP contribution in [0.25, 0.3) is 11.0 Å². The Balaban J connectivity index is 1.76. The highest BCUT2D eigenvalue weighted by atomic mass is 19.3. The lowest BCUT2D eigenvalue weighted by Gasteiger charge is -2.37. The van der Waals surface area contributed by atoms with E-state index in [1.165, 1.54) is 24.7 Å². The maximum Gasteiger partial charge on any atom is 0.263 e. The topological polar surface area (TPSA) is 101 Å². The number of hydrogen-bond acceptors (Lipinski definition) is 6. The molecule has 10 heteroatoms.